The lowest BCUT2D eigenvalue weighted by Gasteiger charge is -2.33. The van der Waals surface area contributed by atoms with Gasteiger partial charge in [0.2, 0.25) is 11.8 Å². The van der Waals surface area contributed by atoms with Gasteiger partial charge >= 0.3 is 0 Å². The van der Waals surface area contributed by atoms with Gasteiger partial charge in [0.05, 0.1) is 0 Å². The second kappa shape index (κ2) is 10.6. The van der Waals surface area contributed by atoms with Crippen molar-refractivity contribution in [3.63, 3.8) is 0 Å². The summed E-state index contributed by atoms with van der Waals surface area (Å²) < 4.78 is 0. The second-order valence-corrected chi connectivity index (χ2v) is 9.23. The summed E-state index contributed by atoms with van der Waals surface area (Å²) in [6.45, 7) is 10.2. The third-order valence-electron chi connectivity index (χ3n) is 4.90. The maximum absolute atomic E-state index is 13.2. The van der Waals surface area contributed by atoms with Crippen LogP contribution in [0.5, 0.6) is 0 Å². The van der Waals surface area contributed by atoms with Crippen LogP contribution in [0, 0.1) is 6.92 Å². The average Bonchev–Trinajstić information content (AvgIpc) is 2.67. The van der Waals surface area contributed by atoms with Gasteiger partial charge in [-0.1, -0.05) is 60.5 Å². The van der Waals surface area contributed by atoms with Crippen molar-refractivity contribution in [3.05, 3.63) is 70.2 Å². The molecule has 0 saturated carbocycles. The molecule has 5 heteroatoms. The fourth-order valence-electron chi connectivity index (χ4n) is 3.31. The Morgan fingerprint density at radius 2 is 1.57 bits per heavy atom. The minimum absolute atomic E-state index is 0.0264. The summed E-state index contributed by atoms with van der Waals surface area (Å²) >= 11 is 6.01. The molecule has 0 fully saturated rings. The molecule has 162 valence electrons. The van der Waals surface area contributed by atoms with Crippen molar-refractivity contribution in [3.8, 4) is 0 Å². The summed E-state index contributed by atoms with van der Waals surface area (Å²) in [7, 11) is 0. The minimum atomic E-state index is -0.523. The number of benzene rings is 2. The first-order chi connectivity index (χ1) is 14.1. The molecule has 0 aliphatic carbocycles. The van der Waals surface area contributed by atoms with Gasteiger partial charge in [0.1, 0.15) is 6.04 Å². The van der Waals surface area contributed by atoms with E-state index in [1.54, 1.807) is 4.90 Å². The summed E-state index contributed by atoms with van der Waals surface area (Å²) in [5, 5.41) is 3.67. The molecule has 0 unspecified atom stereocenters. The lowest BCUT2D eigenvalue weighted by atomic mass is 10.0. The van der Waals surface area contributed by atoms with Gasteiger partial charge in [-0.2, -0.15) is 0 Å². The molecule has 30 heavy (non-hydrogen) atoms. The van der Waals surface area contributed by atoms with Crippen LogP contribution >= 0.6 is 11.6 Å². The van der Waals surface area contributed by atoms with Crippen LogP contribution in [0.25, 0.3) is 0 Å². The highest BCUT2D eigenvalue weighted by Crippen LogP contribution is 2.18. The standard InChI is InChI=1S/C25H33ClN2O2/c1-6-22(24(30)27-25(3,4)5)28(17-20-11-14-21(26)15-12-20)23(29)16-13-19-9-7-18(2)8-10-19/h7-12,14-15,22H,6,13,16-17H2,1-5H3,(H,27,30)/t22-/m0/s1. The van der Waals surface area contributed by atoms with E-state index in [-0.39, 0.29) is 17.4 Å². The first-order valence-electron chi connectivity index (χ1n) is 10.5. The van der Waals surface area contributed by atoms with Crippen LogP contribution in [-0.2, 0) is 22.6 Å². The van der Waals surface area contributed by atoms with Crippen molar-refractivity contribution in [1.82, 2.24) is 10.2 Å². The average molecular weight is 429 g/mol. The number of nitrogens with zero attached hydrogens (tertiary/aromatic N) is 1. The predicted molar refractivity (Wildman–Crippen MR) is 123 cm³/mol. The number of hydrogen-bond acceptors (Lipinski definition) is 2. The van der Waals surface area contributed by atoms with Crippen molar-refractivity contribution in [1.29, 1.82) is 0 Å². The molecule has 0 radical (unpaired) electrons. The molecule has 4 nitrogen and oxygen atoms in total. The maximum Gasteiger partial charge on any atom is 0.243 e. The van der Waals surface area contributed by atoms with Crippen molar-refractivity contribution in [2.45, 2.75) is 72.0 Å². The largest absolute Gasteiger partial charge is 0.350 e. The molecule has 2 rings (SSSR count). The Balaban J connectivity index is 2.21. The predicted octanol–water partition coefficient (Wildman–Crippen LogP) is 5.30. The van der Waals surface area contributed by atoms with E-state index >= 15 is 0 Å². The summed E-state index contributed by atoms with van der Waals surface area (Å²) in [5.41, 5.74) is 2.90. The number of carbonyl (C=O) groups is 2. The summed E-state index contributed by atoms with van der Waals surface area (Å²) in [6.07, 6.45) is 1.55. The van der Waals surface area contributed by atoms with Crippen molar-refractivity contribution in [2.24, 2.45) is 0 Å². The van der Waals surface area contributed by atoms with Crippen molar-refractivity contribution < 1.29 is 9.59 Å². The van der Waals surface area contributed by atoms with Gasteiger partial charge in [0, 0.05) is 23.5 Å². The fourth-order valence-corrected chi connectivity index (χ4v) is 3.43. The Labute approximate surface area is 185 Å². The Bertz CT molecular complexity index is 839. The van der Waals surface area contributed by atoms with Gasteiger partial charge in [-0.25, -0.2) is 0 Å². The highest BCUT2D eigenvalue weighted by atomic mass is 35.5. The van der Waals surface area contributed by atoms with Gasteiger partial charge in [0.15, 0.2) is 0 Å². The number of rotatable bonds is 8. The van der Waals surface area contributed by atoms with Crippen LogP contribution in [-0.4, -0.2) is 28.3 Å². The van der Waals surface area contributed by atoms with E-state index < -0.39 is 6.04 Å². The Morgan fingerprint density at radius 1 is 1.00 bits per heavy atom. The fraction of sp³-hybridized carbons (Fsp3) is 0.440. The molecule has 0 saturated heterocycles. The van der Waals surface area contributed by atoms with Gasteiger partial charge in [-0.05, 0) is 63.8 Å². The lowest BCUT2D eigenvalue weighted by Crippen LogP contribution is -2.53. The third kappa shape index (κ3) is 7.49. The zero-order valence-electron chi connectivity index (χ0n) is 18.7. The molecular formula is C25H33ClN2O2. The number of halogens is 1. The number of nitrogens with one attached hydrogen (secondary N) is 1. The van der Waals surface area contributed by atoms with E-state index in [1.807, 2.05) is 58.9 Å². The molecule has 0 aliphatic heterocycles. The van der Waals surface area contributed by atoms with E-state index in [0.29, 0.717) is 30.8 Å². The molecule has 1 atom stereocenters. The molecule has 2 amide bonds. The lowest BCUT2D eigenvalue weighted by molar-refractivity contribution is -0.142. The SMILES string of the molecule is CC[C@@H](C(=O)NC(C)(C)C)N(Cc1ccc(Cl)cc1)C(=O)CCc1ccc(C)cc1. The summed E-state index contributed by atoms with van der Waals surface area (Å²) in [5.74, 6) is -0.149. The second-order valence-electron chi connectivity index (χ2n) is 8.80. The monoisotopic (exact) mass is 428 g/mol. The number of carbonyl (C=O) groups excluding carboxylic acids is 2. The summed E-state index contributed by atoms with van der Waals surface area (Å²) in [6, 6.07) is 15.1. The van der Waals surface area contributed by atoms with Crippen LogP contribution in [0.3, 0.4) is 0 Å². The highest BCUT2D eigenvalue weighted by molar-refractivity contribution is 6.30. The Hall–Kier alpha value is -2.33. The van der Waals surface area contributed by atoms with Crippen LogP contribution in [0.1, 0.15) is 57.2 Å². The minimum Gasteiger partial charge on any atom is -0.350 e. The first-order valence-corrected chi connectivity index (χ1v) is 10.9. The number of amides is 2. The molecule has 0 aromatic heterocycles. The zero-order valence-corrected chi connectivity index (χ0v) is 19.4. The molecule has 0 aliphatic rings. The van der Waals surface area contributed by atoms with E-state index in [4.69, 9.17) is 11.6 Å². The smallest absolute Gasteiger partial charge is 0.243 e. The molecule has 0 spiro atoms. The normalized spacial score (nSPS) is 12.3. The van der Waals surface area contributed by atoms with Gasteiger partial charge < -0.3 is 10.2 Å². The van der Waals surface area contributed by atoms with Crippen LogP contribution in [0.4, 0.5) is 0 Å². The summed E-state index contributed by atoms with van der Waals surface area (Å²) in [4.78, 5) is 27.9. The van der Waals surface area contributed by atoms with E-state index in [2.05, 4.69) is 29.6 Å². The topological polar surface area (TPSA) is 49.4 Å². The van der Waals surface area contributed by atoms with Crippen LogP contribution in [0.2, 0.25) is 5.02 Å². The number of hydrogen-bond donors (Lipinski definition) is 1. The molecule has 0 bridgehead atoms. The van der Waals surface area contributed by atoms with Crippen LogP contribution < -0.4 is 5.32 Å². The highest BCUT2D eigenvalue weighted by Gasteiger charge is 2.30. The van der Waals surface area contributed by atoms with Crippen molar-refractivity contribution >= 4 is 23.4 Å². The Morgan fingerprint density at radius 3 is 2.10 bits per heavy atom. The van der Waals surface area contributed by atoms with E-state index in [9.17, 15) is 9.59 Å². The molecule has 2 aromatic carbocycles. The van der Waals surface area contributed by atoms with Gasteiger partial charge in [-0.3, -0.25) is 9.59 Å². The van der Waals surface area contributed by atoms with Crippen molar-refractivity contribution in [2.75, 3.05) is 0 Å². The maximum atomic E-state index is 13.2. The third-order valence-corrected chi connectivity index (χ3v) is 5.15. The quantitative estimate of drug-likeness (QED) is 0.619. The number of aryl methyl sites for hydroxylation is 2. The van der Waals surface area contributed by atoms with E-state index in [0.717, 1.165) is 11.1 Å². The van der Waals surface area contributed by atoms with Gasteiger partial charge in [-0.15, -0.1) is 0 Å². The first kappa shape index (κ1) is 23.9. The zero-order chi connectivity index (χ0) is 22.3. The molecule has 0 heterocycles. The molecular weight excluding hydrogens is 396 g/mol. The molecule has 1 N–H and O–H groups in total. The Kier molecular flexibility index (Phi) is 8.48. The van der Waals surface area contributed by atoms with Crippen LogP contribution in [0.15, 0.2) is 48.5 Å². The van der Waals surface area contributed by atoms with Gasteiger partial charge in [0.25, 0.3) is 0 Å². The van der Waals surface area contributed by atoms with E-state index in [1.165, 1.54) is 5.56 Å². The molecule has 2 aromatic rings.